The summed E-state index contributed by atoms with van der Waals surface area (Å²) in [6, 6.07) is 2.46. The van der Waals surface area contributed by atoms with Gasteiger partial charge in [0.25, 0.3) is 5.91 Å². The minimum Gasteiger partial charge on any atom is -0.335 e. The molecule has 0 aromatic heterocycles. The van der Waals surface area contributed by atoms with Crippen molar-refractivity contribution in [2.24, 2.45) is 11.7 Å². The summed E-state index contributed by atoms with van der Waals surface area (Å²) in [6.07, 6.45) is 2.18. The second kappa shape index (κ2) is 4.00. The lowest BCUT2D eigenvalue weighted by atomic mass is 9.85. The van der Waals surface area contributed by atoms with E-state index in [0.29, 0.717) is 19.0 Å². The first-order chi connectivity index (χ1) is 8.92. The van der Waals surface area contributed by atoms with E-state index in [0.717, 1.165) is 18.9 Å². The first kappa shape index (κ1) is 12.5. The molecule has 2 N–H and O–H groups in total. The highest BCUT2D eigenvalue weighted by molar-refractivity contribution is 5.95. The van der Waals surface area contributed by atoms with Crippen molar-refractivity contribution in [1.82, 2.24) is 4.90 Å². The third-order valence-corrected chi connectivity index (χ3v) is 4.15. The van der Waals surface area contributed by atoms with Crippen molar-refractivity contribution < 1.29 is 13.6 Å². The molecule has 3 rings (SSSR count). The Morgan fingerprint density at radius 1 is 1.37 bits per heavy atom. The Morgan fingerprint density at radius 2 is 2.00 bits per heavy atom. The minimum absolute atomic E-state index is 0.270. The maximum Gasteiger partial charge on any atom is 0.259 e. The fraction of sp³-hybridized carbons (Fsp3) is 0.500. The molecule has 19 heavy (non-hydrogen) atoms. The zero-order valence-electron chi connectivity index (χ0n) is 10.7. The van der Waals surface area contributed by atoms with Crippen molar-refractivity contribution in [3.8, 4) is 0 Å². The number of nitrogens with two attached hydrogens (primary N) is 1. The monoisotopic (exact) mass is 266 g/mol. The van der Waals surface area contributed by atoms with Crippen LogP contribution in [0.5, 0.6) is 0 Å². The van der Waals surface area contributed by atoms with Crippen molar-refractivity contribution in [3.05, 3.63) is 34.9 Å². The summed E-state index contributed by atoms with van der Waals surface area (Å²) in [6.45, 7) is 2.30. The Hall–Kier alpha value is -1.49. The molecular weight excluding hydrogens is 250 g/mol. The predicted molar refractivity (Wildman–Crippen MR) is 66.6 cm³/mol. The summed E-state index contributed by atoms with van der Waals surface area (Å²) >= 11 is 0. The summed E-state index contributed by atoms with van der Waals surface area (Å²) in [5.74, 6) is -1.72. The van der Waals surface area contributed by atoms with E-state index in [1.54, 1.807) is 0 Å². The van der Waals surface area contributed by atoms with Crippen LogP contribution in [0.1, 0.15) is 28.8 Å². The molecule has 0 bridgehead atoms. The average Bonchev–Trinajstić information content (AvgIpc) is 3.14. The molecule has 102 valence electrons. The summed E-state index contributed by atoms with van der Waals surface area (Å²) in [7, 11) is 0. The molecule has 1 amide bonds. The number of nitrogens with zero attached hydrogens (tertiary/aromatic N) is 1. The molecule has 1 heterocycles. The third kappa shape index (κ3) is 1.92. The lowest BCUT2D eigenvalue weighted by Crippen LogP contribution is -2.70. The standard InChI is InChI=1S/C14H16F2N2O/c1-8-2-5-10(15)11(12(8)16)13(19)18-6-14(17,7-18)9-3-4-9/h2,5,9H,3-4,6-7,17H2,1H3. The van der Waals surface area contributed by atoms with Gasteiger partial charge in [-0.1, -0.05) is 6.07 Å². The molecule has 5 heteroatoms. The van der Waals surface area contributed by atoms with Crippen molar-refractivity contribution in [2.75, 3.05) is 13.1 Å². The van der Waals surface area contributed by atoms with Crippen LogP contribution in [-0.4, -0.2) is 29.4 Å². The van der Waals surface area contributed by atoms with Crippen LogP contribution in [0.25, 0.3) is 0 Å². The highest BCUT2D eigenvalue weighted by Gasteiger charge is 2.52. The molecule has 0 spiro atoms. The SMILES string of the molecule is Cc1ccc(F)c(C(=O)N2CC(N)(C3CC3)C2)c1F. The van der Waals surface area contributed by atoms with Crippen LogP contribution < -0.4 is 5.73 Å². The molecule has 1 aromatic rings. The normalized spacial score (nSPS) is 21.2. The van der Waals surface area contributed by atoms with E-state index < -0.39 is 23.1 Å². The lowest BCUT2D eigenvalue weighted by Gasteiger charge is -2.48. The predicted octanol–water partition coefficient (Wildman–Crippen LogP) is 1.84. The average molecular weight is 266 g/mol. The van der Waals surface area contributed by atoms with Gasteiger partial charge in [0.15, 0.2) is 0 Å². The number of benzene rings is 1. The van der Waals surface area contributed by atoms with Crippen LogP contribution in [0, 0.1) is 24.5 Å². The number of carbonyl (C=O) groups excluding carboxylic acids is 1. The Balaban J connectivity index is 1.81. The van der Waals surface area contributed by atoms with E-state index in [4.69, 9.17) is 5.73 Å². The number of halogens is 2. The van der Waals surface area contributed by atoms with Crippen LogP contribution in [0.4, 0.5) is 8.78 Å². The molecule has 2 aliphatic rings. The van der Waals surface area contributed by atoms with Gasteiger partial charge in [-0.2, -0.15) is 0 Å². The van der Waals surface area contributed by atoms with Gasteiger partial charge in [0.2, 0.25) is 0 Å². The van der Waals surface area contributed by atoms with Crippen LogP contribution >= 0.6 is 0 Å². The fourth-order valence-corrected chi connectivity index (χ4v) is 2.74. The third-order valence-electron chi connectivity index (χ3n) is 4.15. The maximum atomic E-state index is 13.9. The number of aryl methyl sites for hydroxylation is 1. The van der Waals surface area contributed by atoms with E-state index in [-0.39, 0.29) is 11.1 Å². The molecule has 1 saturated carbocycles. The van der Waals surface area contributed by atoms with Crippen LogP contribution in [-0.2, 0) is 0 Å². The lowest BCUT2D eigenvalue weighted by molar-refractivity contribution is 0.0341. The van der Waals surface area contributed by atoms with Gasteiger partial charge in [-0.05, 0) is 37.3 Å². The van der Waals surface area contributed by atoms with E-state index in [9.17, 15) is 13.6 Å². The Labute approximate surface area is 110 Å². The first-order valence-corrected chi connectivity index (χ1v) is 6.45. The van der Waals surface area contributed by atoms with Gasteiger partial charge in [-0.3, -0.25) is 4.79 Å². The molecule has 0 atom stereocenters. The van der Waals surface area contributed by atoms with E-state index in [1.165, 1.54) is 17.9 Å². The van der Waals surface area contributed by atoms with Gasteiger partial charge in [-0.25, -0.2) is 8.78 Å². The van der Waals surface area contributed by atoms with E-state index in [1.807, 2.05) is 0 Å². The first-order valence-electron chi connectivity index (χ1n) is 6.45. The molecule has 1 saturated heterocycles. The number of likely N-dealkylation sites (tertiary alicyclic amines) is 1. The summed E-state index contributed by atoms with van der Waals surface area (Å²) in [4.78, 5) is 13.6. The molecule has 1 aliphatic carbocycles. The molecular formula is C14H16F2N2O. The molecule has 0 radical (unpaired) electrons. The van der Waals surface area contributed by atoms with E-state index >= 15 is 0 Å². The Kier molecular flexibility index (Phi) is 2.64. The van der Waals surface area contributed by atoms with Gasteiger partial charge in [0.05, 0.1) is 5.54 Å². The maximum absolute atomic E-state index is 13.9. The molecule has 1 aromatic carbocycles. The quantitative estimate of drug-likeness (QED) is 0.887. The van der Waals surface area contributed by atoms with Crippen molar-refractivity contribution in [3.63, 3.8) is 0 Å². The fourth-order valence-electron chi connectivity index (χ4n) is 2.74. The summed E-state index contributed by atoms with van der Waals surface area (Å²) in [5.41, 5.74) is 5.61. The summed E-state index contributed by atoms with van der Waals surface area (Å²) < 4.78 is 27.5. The largest absolute Gasteiger partial charge is 0.335 e. The van der Waals surface area contributed by atoms with Crippen LogP contribution in [0.2, 0.25) is 0 Å². The van der Waals surface area contributed by atoms with Crippen molar-refractivity contribution in [1.29, 1.82) is 0 Å². The number of rotatable bonds is 2. The Morgan fingerprint density at radius 3 is 2.58 bits per heavy atom. The number of hydrogen-bond donors (Lipinski definition) is 1. The topological polar surface area (TPSA) is 46.3 Å². The highest BCUT2D eigenvalue weighted by atomic mass is 19.1. The summed E-state index contributed by atoms with van der Waals surface area (Å²) in [5, 5.41) is 0. The van der Waals surface area contributed by atoms with Gasteiger partial charge in [-0.15, -0.1) is 0 Å². The van der Waals surface area contributed by atoms with Crippen LogP contribution in [0.3, 0.4) is 0 Å². The van der Waals surface area contributed by atoms with Gasteiger partial charge in [0.1, 0.15) is 17.2 Å². The zero-order chi connectivity index (χ0) is 13.8. The minimum atomic E-state index is -0.811. The number of hydrogen-bond acceptors (Lipinski definition) is 2. The molecule has 1 aliphatic heterocycles. The number of carbonyl (C=O) groups is 1. The van der Waals surface area contributed by atoms with Gasteiger partial charge >= 0.3 is 0 Å². The Bertz CT molecular complexity index is 549. The highest BCUT2D eigenvalue weighted by Crippen LogP contribution is 2.43. The molecule has 2 fully saturated rings. The second-order valence-electron chi connectivity index (χ2n) is 5.72. The molecule has 3 nitrogen and oxygen atoms in total. The second-order valence-corrected chi connectivity index (χ2v) is 5.72. The smallest absolute Gasteiger partial charge is 0.259 e. The van der Waals surface area contributed by atoms with Gasteiger partial charge in [0, 0.05) is 13.1 Å². The van der Waals surface area contributed by atoms with Crippen LogP contribution in [0.15, 0.2) is 12.1 Å². The van der Waals surface area contributed by atoms with Crippen molar-refractivity contribution in [2.45, 2.75) is 25.3 Å². The zero-order valence-corrected chi connectivity index (χ0v) is 10.7. The van der Waals surface area contributed by atoms with Crippen molar-refractivity contribution >= 4 is 5.91 Å². The molecule has 0 unspecified atom stereocenters. The van der Waals surface area contributed by atoms with Gasteiger partial charge < -0.3 is 10.6 Å². The van der Waals surface area contributed by atoms with E-state index in [2.05, 4.69) is 0 Å². The number of amides is 1.